The van der Waals surface area contributed by atoms with E-state index in [1.54, 1.807) is 11.3 Å². The third-order valence-electron chi connectivity index (χ3n) is 2.91. The summed E-state index contributed by atoms with van der Waals surface area (Å²) in [5, 5.41) is 8.26. The molecule has 0 atom stereocenters. The fourth-order valence-electron chi connectivity index (χ4n) is 2.04. The maximum atomic E-state index is 4.30. The molecule has 19 heavy (non-hydrogen) atoms. The third kappa shape index (κ3) is 2.37. The van der Waals surface area contributed by atoms with E-state index in [4.69, 9.17) is 0 Å². The summed E-state index contributed by atoms with van der Waals surface area (Å²) in [6.07, 6.45) is 3.90. The van der Waals surface area contributed by atoms with E-state index >= 15 is 0 Å². The molecule has 4 nitrogen and oxygen atoms in total. The molecule has 2 heterocycles. The van der Waals surface area contributed by atoms with Crippen molar-refractivity contribution < 1.29 is 0 Å². The van der Waals surface area contributed by atoms with Crippen LogP contribution in [0.3, 0.4) is 0 Å². The predicted molar refractivity (Wildman–Crippen MR) is 81.0 cm³/mol. The molecule has 0 saturated carbocycles. The maximum absolute atomic E-state index is 4.30. The van der Waals surface area contributed by atoms with Crippen LogP contribution in [0.1, 0.15) is 11.3 Å². The summed E-state index contributed by atoms with van der Waals surface area (Å²) in [6.45, 7) is 1.97. The van der Waals surface area contributed by atoms with Crippen LogP contribution in [0.15, 0.2) is 40.9 Å². The van der Waals surface area contributed by atoms with E-state index in [0.717, 1.165) is 16.4 Å². The number of rotatable bonds is 3. The Morgan fingerprint density at radius 1 is 1.37 bits per heavy atom. The number of fused-ring (bicyclic) bond motifs is 1. The monoisotopic (exact) mass is 270 g/mol. The Kier molecular flexibility index (Phi) is 3.05. The molecule has 3 rings (SSSR count). The highest BCUT2D eigenvalue weighted by molar-refractivity contribution is 7.13. The zero-order chi connectivity index (χ0) is 13.2. The van der Waals surface area contributed by atoms with E-state index in [2.05, 4.69) is 38.4 Å². The molecule has 0 aliphatic heterocycles. The predicted octanol–water partition coefficient (Wildman–Crippen LogP) is 3.39. The van der Waals surface area contributed by atoms with Gasteiger partial charge in [0.05, 0.1) is 11.9 Å². The number of hydrogen-bond acceptors (Lipinski definition) is 4. The molecule has 1 aromatic carbocycles. The van der Waals surface area contributed by atoms with E-state index in [1.165, 1.54) is 10.9 Å². The van der Waals surface area contributed by atoms with Gasteiger partial charge in [0.2, 0.25) is 5.13 Å². The molecule has 0 bridgehead atoms. The van der Waals surface area contributed by atoms with E-state index in [0.29, 0.717) is 0 Å². The fraction of sp³-hybridized carbons (Fsp3) is 0.143. The number of benzene rings is 1. The number of thiazole rings is 1. The number of para-hydroxylation sites is 1. The lowest BCUT2D eigenvalue weighted by atomic mass is 10.2. The minimum atomic E-state index is 0.814. The molecule has 0 spiro atoms. The summed E-state index contributed by atoms with van der Waals surface area (Å²) in [7, 11) is 2.04. The number of hydrogen-bond donors (Lipinski definition) is 1. The van der Waals surface area contributed by atoms with Crippen molar-refractivity contribution in [2.75, 3.05) is 5.43 Å². The van der Waals surface area contributed by atoms with Crippen LogP contribution in [0, 0.1) is 6.92 Å². The second-order valence-corrected chi connectivity index (χ2v) is 5.23. The lowest BCUT2D eigenvalue weighted by Gasteiger charge is -1.93. The molecular formula is C14H14N4S. The number of hydrazone groups is 1. The van der Waals surface area contributed by atoms with Gasteiger partial charge in [-0.2, -0.15) is 5.10 Å². The number of aromatic nitrogens is 2. The van der Waals surface area contributed by atoms with Crippen LogP contribution in [0.5, 0.6) is 0 Å². The Bertz CT molecular complexity index is 739. The van der Waals surface area contributed by atoms with E-state index < -0.39 is 0 Å². The number of nitrogens with zero attached hydrogens (tertiary/aromatic N) is 3. The molecule has 0 unspecified atom stereocenters. The van der Waals surface area contributed by atoms with Crippen LogP contribution in [-0.4, -0.2) is 15.8 Å². The lowest BCUT2D eigenvalue weighted by molar-refractivity contribution is 0.968. The topological polar surface area (TPSA) is 42.2 Å². The van der Waals surface area contributed by atoms with Crippen LogP contribution < -0.4 is 5.43 Å². The van der Waals surface area contributed by atoms with Gasteiger partial charge >= 0.3 is 0 Å². The standard InChI is InChI=1S/C14H14N4S/c1-10-9-19-14(16-10)17-15-7-11-8-18(2)13-6-4-3-5-12(11)13/h3-9H,1-2H3,(H,16,17)/b15-7-. The molecule has 2 aromatic heterocycles. The lowest BCUT2D eigenvalue weighted by Crippen LogP contribution is -1.89. The molecule has 0 saturated heterocycles. The summed E-state index contributed by atoms with van der Waals surface area (Å²) in [4.78, 5) is 4.30. The summed E-state index contributed by atoms with van der Waals surface area (Å²) in [6, 6.07) is 8.28. The van der Waals surface area contributed by atoms with Crippen LogP contribution in [0.25, 0.3) is 10.9 Å². The normalized spacial score (nSPS) is 11.5. The molecule has 96 valence electrons. The van der Waals surface area contributed by atoms with Crippen molar-refractivity contribution in [1.29, 1.82) is 0 Å². The van der Waals surface area contributed by atoms with Crippen molar-refractivity contribution >= 4 is 33.6 Å². The van der Waals surface area contributed by atoms with Crippen molar-refractivity contribution in [3.63, 3.8) is 0 Å². The van der Waals surface area contributed by atoms with Crippen LogP contribution in [-0.2, 0) is 7.05 Å². The maximum Gasteiger partial charge on any atom is 0.203 e. The van der Waals surface area contributed by atoms with Crippen molar-refractivity contribution in [3.05, 3.63) is 47.1 Å². The number of anilines is 1. The number of nitrogens with one attached hydrogen (secondary N) is 1. The largest absolute Gasteiger partial charge is 0.350 e. The summed E-state index contributed by atoms with van der Waals surface area (Å²) >= 11 is 1.55. The molecule has 3 aromatic rings. The van der Waals surface area contributed by atoms with E-state index in [9.17, 15) is 0 Å². The van der Waals surface area contributed by atoms with Gasteiger partial charge in [-0.3, -0.25) is 5.43 Å². The highest BCUT2D eigenvalue weighted by Crippen LogP contribution is 2.19. The summed E-state index contributed by atoms with van der Waals surface area (Å²) in [5.74, 6) is 0. The van der Waals surface area contributed by atoms with Crippen molar-refractivity contribution in [2.24, 2.45) is 12.1 Å². The van der Waals surface area contributed by atoms with Gasteiger partial charge in [0, 0.05) is 35.1 Å². The van der Waals surface area contributed by atoms with Crippen LogP contribution >= 0.6 is 11.3 Å². The molecule has 0 aliphatic carbocycles. The highest BCUT2D eigenvalue weighted by atomic mass is 32.1. The Morgan fingerprint density at radius 3 is 3.00 bits per heavy atom. The van der Waals surface area contributed by atoms with Gasteiger partial charge in [0.15, 0.2) is 0 Å². The van der Waals surface area contributed by atoms with Gasteiger partial charge in [-0.25, -0.2) is 4.98 Å². The van der Waals surface area contributed by atoms with Crippen molar-refractivity contribution in [2.45, 2.75) is 6.92 Å². The van der Waals surface area contributed by atoms with E-state index in [-0.39, 0.29) is 0 Å². The van der Waals surface area contributed by atoms with Crippen molar-refractivity contribution in [3.8, 4) is 0 Å². The Labute approximate surface area is 115 Å². The second-order valence-electron chi connectivity index (χ2n) is 4.38. The second kappa shape index (κ2) is 4.85. The van der Waals surface area contributed by atoms with E-state index in [1.807, 2.05) is 37.7 Å². The van der Waals surface area contributed by atoms with Crippen LogP contribution in [0.2, 0.25) is 0 Å². The first-order valence-corrected chi connectivity index (χ1v) is 6.87. The smallest absolute Gasteiger partial charge is 0.203 e. The first kappa shape index (κ1) is 11.9. The molecule has 0 fully saturated rings. The van der Waals surface area contributed by atoms with Gasteiger partial charge in [-0.1, -0.05) is 18.2 Å². The summed E-state index contributed by atoms with van der Waals surface area (Å²) < 4.78 is 2.10. The molecule has 0 aliphatic rings. The van der Waals surface area contributed by atoms with Crippen LogP contribution in [0.4, 0.5) is 5.13 Å². The Hall–Kier alpha value is -2.14. The average molecular weight is 270 g/mol. The quantitative estimate of drug-likeness (QED) is 0.585. The zero-order valence-electron chi connectivity index (χ0n) is 10.8. The van der Waals surface area contributed by atoms with Gasteiger partial charge < -0.3 is 4.57 Å². The first-order valence-electron chi connectivity index (χ1n) is 5.99. The van der Waals surface area contributed by atoms with Gasteiger partial charge in [0.25, 0.3) is 0 Å². The molecule has 5 heteroatoms. The Balaban J connectivity index is 1.85. The number of aryl methyl sites for hydroxylation is 2. The third-order valence-corrected chi connectivity index (χ3v) is 3.78. The molecule has 1 N–H and O–H groups in total. The Morgan fingerprint density at radius 2 is 2.21 bits per heavy atom. The minimum Gasteiger partial charge on any atom is -0.350 e. The minimum absolute atomic E-state index is 0.814. The molecule has 0 amide bonds. The highest BCUT2D eigenvalue weighted by Gasteiger charge is 2.03. The fourth-order valence-corrected chi connectivity index (χ4v) is 2.68. The van der Waals surface area contributed by atoms with Crippen molar-refractivity contribution in [1.82, 2.24) is 9.55 Å². The average Bonchev–Trinajstić information content (AvgIpc) is 2.96. The summed E-state index contributed by atoms with van der Waals surface area (Å²) in [5.41, 5.74) is 6.26. The molecular weight excluding hydrogens is 256 g/mol. The van der Waals surface area contributed by atoms with Gasteiger partial charge in [-0.05, 0) is 13.0 Å². The van der Waals surface area contributed by atoms with Gasteiger partial charge in [-0.15, -0.1) is 11.3 Å². The van der Waals surface area contributed by atoms with Gasteiger partial charge in [0.1, 0.15) is 0 Å². The SMILES string of the molecule is Cc1csc(N/N=C\c2cn(C)c3ccccc23)n1. The zero-order valence-corrected chi connectivity index (χ0v) is 11.6. The molecule has 0 radical (unpaired) electrons. The first-order chi connectivity index (χ1) is 9.24.